The predicted octanol–water partition coefficient (Wildman–Crippen LogP) is 1.89. The molecule has 0 bridgehead atoms. The number of halogens is 2. The fraction of sp³-hybridized carbons (Fsp3) is 0.538. The maximum atomic E-state index is 13.7. The summed E-state index contributed by atoms with van der Waals surface area (Å²) >= 11 is 0. The Kier molecular flexibility index (Phi) is 4.72. The molecule has 0 aromatic heterocycles. The third-order valence-electron chi connectivity index (χ3n) is 3.22. The summed E-state index contributed by atoms with van der Waals surface area (Å²) in [5.74, 6) is -1.88. The van der Waals surface area contributed by atoms with E-state index in [2.05, 4.69) is 0 Å². The zero-order valence-electron chi connectivity index (χ0n) is 10.9. The number of nitrogens with zero attached hydrogens (tertiary/aromatic N) is 1. The van der Waals surface area contributed by atoms with E-state index in [1.807, 2.05) is 0 Å². The van der Waals surface area contributed by atoms with Crippen LogP contribution in [0.4, 0.5) is 8.78 Å². The Hall–Kier alpha value is -1.05. The molecule has 0 atom stereocenters. The summed E-state index contributed by atoms with van der Waals surface area (Å²) in [5.41, 5.74) is 0. The Bertz CT molecular complexity index is 573. The lowest BCUT2D eigenvalue weighted by atomic mass is 10.3. The molecule has 1 aromatic carbocycles. The molecule has 20 heavy (non-hydrogen) atoms. The molecule has 1 fully saturated rings. The Labute approximate surface area is 117 Å². The van der Waals surface area contributed by atoms with Crippen molar-refractivity contribution in [3.63, 3.8) is 0 Å². The van der Waals surface area contributed by atoms with Crippen LogP contribution in [0.25, 0.3) is 0 Å². The largest absolute Gasteiger partial charge is 0.396 e. The minimum absolute atomic E-state index is 0.0105. The molecule has 4 nitrogen and oxygen atoms in total. The molecule has 2 rings (SSSR count). The monoisotopic (exact) mass is 305 g/mol. The van der Waals surface area contributed by atoms with Crippen LogP contribution in [-0.2, 0) is 10.0 Å². The molecular formula is C13H17F2NO3S. The van der Waals surface area contributed by atoms with Crippen molar-refractivity contribution in [2.24, 2.45) is 0 Å². The fourth-order valence-electron chi connectivity index (χ4n) is 2.05. The molecule has 1 aliphatic carbocycles. The first-order valence-corrected chi connectivity index (χ1v) is 7.98. The molecule has 1 aromatic rings. The molecule has 1 aliphatic rings. The number of unbranched alkanes of at least 4 members (excludes halogenated alkanes) is 1. The normalized spacial score (nSPS) is 15.8. The van der Waals surface area contributed by atoms with Gasteiger partial charge in [0.25, 0.3) is 0 Å². The first-order valence-electron chi connectivity index (χ1n) is 6.54. The van der Waals surface area contributed by atoms with E-state index in [1.165, 1.54) is 4.31 Å². The maximum absolute atomic E-state index is 13.7. The van der Waals surface area contributed by atoms with E-state index in [4.69, 9.17) is 5.11 Å². The summed E-state index contributed by atoms with van der Waals surface area (Å²) in [6.45, 7) is 0.230. The average Bonchev–Trinajstić information content (AvgIpc) is 3.18. The second-order valence-corrected chi connectivity index (χ2v) is 6.71. The average molecular weight is 305 g/mol. The highest BCUT2D eigenvalue weighted by molar-refractivity contribution is 7.89. The van der Waals surface area contributed by atoms with Crippen LogP contribution >= 0.6 is 0 Å². The lowest BCUT2D eigenvalue weighted by molar-refractivity contribution is 0.275. The van der Waals surface area contributed by atoms with Crippen LogP contribution in [0.2, 0.25) is 0 Å². The quantitative estimate of drug-likeness (QED) is 0.783. The van der Waals surface area contributed by atoms with Crippen molar-refractivity contribution in [3.8, 4) is 0 Å². The number of hydrogen-bond acceptors (Lipinski definition) is 3. The third-order valence-corrected chi connectivity index (χ3v) is 5.21. The summed E-state index contributed by atoms with van der Waals surface area (Å²) in [6, 6.07) is 2.37. The van der Waals surface area contributed by atoms with E-state index in [9.17, 15) is 17.2 Å². The molecular weight excluding hydrogens is 288 g/mol. The summed E-state index contributed by atoms with van der Waals surface area (Å²) in [7, 11) is -3.96. The van der Waals surface area contributed by atoms with Crippen LogP contribution in [0.1, 0.15) is 25.7 Å². The van der Waals surface area contributed by atoms with Crippen molar-refractivity contribution in [1.29, 1.82) is 0 Å². The highest BCUT2D eigenvalue weighted by Gasteiger charge is 2.38. The van der Waals surface area contributed by atoms with E-state index in [1.54, 1.807) is 0 Å². The van der Waals surface area contributed by atoms with Gasteiger partial charge in [-0.25, -0.2) is 17.2 Å². The van der Waals surface area contributed by atoms with E-state index in [0.717, 1.165) is 25.0 Å². The van der Waals surface area contributed by atoms with Gasteiger partial charge in [-0.3, -0.25) is 0 Å². The van der Waals surface area contributed by atoms with Crippen molar-refractivity contribution >= 4 is 10.0 Å². The minimum Gasteiger partial charge on any atom is -0.396 e. The second-order valence-electron chi connectivity index (χ2n) is 4.85. The topological polar surface area (TPSA) is 57.6 Å². The van der Waals surface area contributed by atoms with Gasteiger partial charge in [-0.2, -0.15) is 4.31 Å². The van der Waals surface area contributed by atoms with Gasteiger partial charge < -0.3 is 5.11 Å². The maximum Gasteiger partial charge on any atom is 0.246 e. The standard InChI is InChI=1S/C13H17F2NO3S/c14-10-3-6-13(12(15)9-10)20(18,19)16(11-4-5-11)7-1-2-8-17/h3,6,9,11,17H,1-2,4-5,7-8H2. The van der Waals surface area contributed by atoms with E-state index < -0.39 is 26.6 Å². The van der Waals surface area contributed by atoms with Gasteiger partial charge in [0.1, 0.15) is 16.5 Å². The number of aliphatic hydroxyl groups is 1. The molecule has 0 aliphatic heterocycles. The second kappa shape index (κ2) is 6.15. The highest BCUT2D eigenvalue weighted by atomic mass is 32.2. The zero-order valence-corrected chi connectivity index (χ0v) is 11.7. The minimum atomic E-state index is -3.96. The lowest BCUT2D eigenvalue weighted by Gasteiger charge is -2.22. The summed E-state index contributed by atoms with van der Waals surface area (Å²) in [6.07, 6.45) is 2.50. The van der Waals surface area contributed by atoms with E-state index in [-0.39, 0.29) is 19.2 Å². The molecule has 1 N–H and O–H groups in total. The van der Waals surface area contributed by atoms with Gasteiger partial charge >= 0.3 is 0 Å². The summed E-state index contributed by atoms with van der Waals surface area (Å²) < 4.78 is 52.7. The van der Waals surface area contributed by atoms with Gasteiger partial charge in [0.15, 0.2) is 0 Å². The van der Waals surface area contributed by atoms with E-state index >= 15 is 0 Å². The summed E-state index contributed by atoms with van der Waals surface area (Å²) in [4.78, 5) is -0.491. The Morgan fingerprint density at radius 2 is 1.95 bits per heavy atom. The number of rotatable bonds is 7. The van der Waals surface area contributed by atoms with Crippen LogP contribution in [-0.4, -0.2) is 37.0 Å². The van der Waals surface area contributed by atoms with Gasteiger partial charge in [-0.1, -0.05) is 0 Å². The molecule has 1 saturated carbocycles. The fourth-order valence-corrected chi connectivity index (χ4v) is 3.82. The molecule has 7 heteroatoms. The smallest absolute Gasteiger partial charge is 0.246 e. The zero-order chi connectivity index (χ0) is 14.8. The van der Waals surface area contributed by atoms with Crippen LogP contribution < -0.4 is 0 Å². The van der Waals surface area contributed by atoms with Gasteiger partial charge in [0.05, 0.1) is 0 Å². The number of hydrogen-bond donors (Lipinski definition) is 1. The summed E-state index contributed by atoms with van der Waals surface area (Å²) in [5, 5.41) is 8.76. The molecule has 112 valence electrons. The van der Waals surface area contributed by atoms with Crippen molar-refractivity contribution < 1.29 is 22.3 Å². The number of benzene rings is 1. The van der Waals surface area contributed by atoms with Crippen molar-refractivity contribution in [1.82, 2.24) is 4.31 Å². The van der Waals surface area contributed by atoms with Gasteiger partial charge in [0, 0.05) is 25.3 Å². The molecule has 0 heterocycles. The molecule has 0 amide bonds. The first kappa shape index (κ1) is 15.3. The Balaban J connectivity index is 2.25. The predicted molar refractivity (Wildman–Crippen MR) is 69.6 cm³/mol. The Morgan fingerprint density at radius 1 is 1.25 bits per heavy atom. The molecule has 0 spiro atoms. The molecule has 0 saturated heterocycles. The first-order chi connectivity index (χ1) is 9.46. The number of sulfonamides is 1. The van der Waals surface area contributed by atoms with Crippen LogP contribution in [0.15, 0.2) is 23.1 Å². The van der Waals surface area contributed by atoms with Gasteiger partial charge in [0.2, 0.25) is 10.0 Å². The van der Waals surface area contributed by atoms with Crippen molar-refractivity contribution in [2.45, 2.75) is 36.6 Å². The van der Waals surface area contributed by atoms with Crippen LogP contribution in [0, 0.1) is 11.6 Å². The van der Waals surface area contributed by atoms with Crippen molar-refractivity contribution in [3.05, 3.63) is 29.8 Å². The Morgan fingerprint density at radius 3 is 2.50 bits per heavy atom. The molecule has 0 radical (unpaired) electrons. The molecule has 0 unspecified atom stereocenters. The third kappa shape index (κ3) is 3.34. The SMILES string of the molecule is O=S(=O)(c1ccc(F)cc1F)N(CCCCO)C1CC1. The van der Waals surface area contributed by atoms with E-state index in [0.29, 0.717) is 18.9 Å². The van der Waals surface area contributed by atoms with Gasteiger partial charge in [-0.15, -0.1) is 0 Å². The number of aliphatic hydroxyl groups excluding tert-OH is 1. The van der Waals surface area contributed by atoms with Gasteiger partial charge in [-0.05, 0) is 37.8 Å². The van der Waals surface area contributed by atoms with Crippen LogP contribution in [0.3, 0.4) is 0 Å². The van der Waals surface area contributed by atoms with Crippen LogP contribution in [0.5, 0.6) is 0 Å². The highest BCUT2D eigenvalue weighted by Crippen LogP contribution is 2.33. The van der Waals surface area contributed by atoms with Crippen molar-refractivity contribution in [2.75, 3.05) is 13.2 Å². The lowest BCUT2D eigenvalue weighted by Crippen LogP contribution is -2.34.